The van der Waals surface area contributed by atoms with Gasteiger partial charge in [-0.1, -0.05) is 102 Å². The van der Waals surface area contributed by atoms with Crippen LogP contribution < -0.4 is 31.1 Å². The summed E-state index contributed by atoms with van der Waals surface area (Å²) in [5.41, 5.74) is 9.58. The Labute approximate surface area is 318 Å². The number of rotatable bonds is 11. The summed E-state index contributed by atoms with van der Waals surface area (Å²) >= 11 is 0. The molecule has 0 aliphatic heterocycles. The molecule has 0 heterocycles. The maximum Gasteiger partial charge on any atom is 0.334 e. The quantitative estimate of drug-likeness (QED) is 0.107. The van der Waals surface area contributed by atoms with E-state index in [4.69, 9.17) is 0 Å². The Kier molecular flexibility index (Phi) is 11.4. The summed E-state index contributed by atoms with van der Waals surface area (Å²) in [7, 11) is 1.76. The van der Waals surface area contributed by atoms with E-state index in [0.717, 1.165) is 50.6 Å². The second-order valence-corrected chi connectivity index (χ2v) is 13.4. The van der Waals surface area contributed by atoms with Crippen LogP contribution >= 0.6 is 0 Å². The lowest BCUT2D eigenvalue weighted by atomic mass is 10.1. The van der Waals surface area contributed by atoms with Crippen LogP contribution in [0, 0.1) is 34.6 Å². The monoisotopic (exact) mass is 714 g/mol. The third-order valence-electron chi connectivity index (χ3n) is 9.25. The molecule has 0 bridgehead atoms. The second-order valence-electron chi connectivity index (χ2n) is 13.4. The number of nitrogens with one attached hydrogen (secondary N) is 4. The lowest BCUT2D eigenvalue weighted by Gasteiger charge is -2.33. The van der Waals surface area contributed by atoms with Gasteiger partial charge in [0.25, 0.3) is 5.91 Å². The molecule has 3 amide bonds. The van der Waals surface area contributed by atoms with Gasteiger partial charge in [0.15, 0.2) is 11.6 Å². The van der Waals surface area contributed by atoms with E-state index in [-0.39, 0.29) is 11.9 Å². The van der Waals surface area contributed by atoms with Crippen molar-refractivity contribution in [2.75, 3.05) is 38.1 Å². The van der Waals surface area contributed by atoms with Gasteiger partial charge in [-0.3, -0.25) is 9.69 Å². The Bertz CT molecular complexity index is 2300. The van der Waals surface area contributed by atoms with Crippen LogP contribution in [-0.2, 0) is 0 Å². The molecule has 0 aliphatic rings. The molecule has 6 aromatic rings. The van der Waals surface area contributed by atoms with Gasteiger partial charge in [0.1, 0.15) is 0 Å². The first-order valence-electron chi connectivity index (χ1n) is 17.9. The third-order valence-corrected chi connectivity index (χ3v) is 9.25. The van der Waals surface area contributed by atoms with E-state index >= 15 is 4.79 Å². The summed E-state index contributed by atoms with van der Waals surface area (Å²) in [6.45, 7) is 9.98. The Balaban J connectivity index is 1.60. The Hall–Kier alpha value is -6.80. The van der Waals surface area contributed by atoms with E-state index in [2.05, 4.69) is 21.3 Å². The molecule has 0 spiro atoms. The highest BCUT2D eigenvalue weighted by atomic mass is 16.2. The number of hydrogen-bond acceptors (Lipinski definition) is 5. The highest BCUT2D eigenvalue weighted by molar-refractivity contribution is 6.09. The van der Waals surface area contributed by atoms with Crippen molar-refractivity contribution in [3.8, 4) is 0 Å². The van der Waals surface area contributed by atoms with Gasteiger partial charge >= 0.3 is 6.03 Å². The molecule has 4 N–H and O–H groups in total. The van der Waals surface area contributed by atoms with Gasteiger partial charge in [-0.2, -0.15) is 0 Å². The number of urea groups is 1. The maximum absolute atomic E-state index is 15.0. The minimum atomic E-state index is -0.312. The van der Waals surface area contributed by atoms with Gasteiger partial charge in [-0.05, 0) is 106 Å². The van der Waals surface area contributed by atoms with Crippen LogP contribution in [0.3, 0.4) is 0 Å². The summed E-state index contributed by atoms with van der Waals surface area (Å²) in [6, 6.07) is 46.4. The number of anilines is 6. The normalized spacial score (nSPS) is 11.2. The molecular weight excluding hydrogens is 669 g/mol. The molecule has 0 saturated carbocycles. The molecule has 272 valence electrons. The largest absolute Gasteiger partial charge is 0.339 e. The number of benzene rings is 6. The second kappa shape index (κ2) is 16.7. The van der Waals surface area contributed by atoms with Crippen LogP contribution in [-0.4, -0.2) is 19.0 Å². The number of hydrogen-bond donors (Lipinski definition) is 4. The molecule has 0 atom stereocenters. The number of para-hydroxylation sites is 4. The highest BCUT2D eigenvalue weighted by Crippen LogP contribution is 2.31. The minimum absolute atomic E-state index is 0.269. The fourth-order valence-corrected chi connectivity index (χ4v) is 6.00. The molecule has 0 aliphatic carbocycles. The summed E-state index contributed by atoms with van der Waals surface area (Å²) < 4.78 is 0. The van der Waals surface area contributed by atoms with Gasteiger partial charge in [-0.25, -0.2) is 9.69 Å². The number of amides is 3. The predicted octanol–water partition coefficient (Wildman–Crippen LogP) is 11.0. The Morgan fingerprint density at radius 3 is 1.52 bits per heavy atom. The molecular formula is C46H46N6O2. The summed E-state index contributed by atoms with van der Waals surface area (Å²) in [5.74, 6) is 0.584. The number of nitrogens with zero attached hydrogens (tertiary/aromatic N) is 2. The van der Waals surface area contributed by atoms with E-state index in [1.165, 1.54) is 0 Å². The zero-order valence-corrected chi connectivity index (χ0v) is 31.6. The van der Waals surface area contributed by atoms with E-state index in [1.54, 1.807) is 16.8 Å². The van der Waals surface area contributed by atoms with Crippen molar-refractivity contribution in [3.63, 3.8) is 0 Å². The number of carbonyl (C=O) groups is 2. The zero-order valence-electron chi connectivity index (χ0n) is 31.6. The van der Waals surface area contributed by atoms with Gasteiger partial charge in [0, 0.05) is 29.8 Å². The van der Waals surface area contributed by atoms with Gasteiger partial charge < -0.3 is 21.3 Å². The molecule has 0 fully saturated rings. The molecule has 8 heteroatoms. The van der Waals surface area contributed by atoms with Crippen molar-refractivity contribution in [2.24, 2.45) is 0 Å². The average molecular weight is 715 g/mol. The highest BCUT2D eigenvalue weighted by Gasteiger charge is 2.29. The first-order valence-corrected chi connectivity index (χ1v) is 17.9. The fraction of sp³-hybridized carbons (Fsp3) is 0.130. The van der Waals surface area contributed by atoms with E-state index in [1.807, 2.05) is 180 Å². The van der Waals surface area contributed by atoms with E-state index in [9.17, 15) is 4.79 Å². The molecule has 54 heavy (non-hydrogen) atoms. The molecule has 0 aromatic heterocycles. The first kappa shape index (κ1) is 37.0. The van der Waals surface area contributed by atoms with Crippen molar-refractivity contribution in [1.82, 2.24) is 0 Å². The number of aryl methyl sites for hydroxylation is 5. The van der Waals surface area contributed by atoms with Gasteiger partial charge in [0.05, 0.1) is 16.9 Å². The molecule has 8 nitrogen and oxygen atoms in total. The topological polar surface area (TPSA) is 88.7 Å². The number of carbonyl (C=O) groups excluding carboxylic acids is 2. The van der Waals surface area contributed by atoms with Gasteiger partial charge in [-0.15, -0.1) is 0 Å². The summed E-state index contributed by atoms with van der Waals surface area (Å²) in [6.07, 6.45) is 0. The summed E-state index contributed by atoms with van der Waals surface area (Å²) in [4.78, 5) is 32.4. The van der Waals surface area contributed by atoms with Crippen molar-refractivity contribution in [3.05, 3.63) is 191 Å². The van der Waals surface area contributed by atoms with Crippen LogP contribution in [0.15, 0.2) is 157 Å². The Morgan fingerprint density at radius 2 is 0.944 bits per heavy atom. The van der Waals surface area contributed by atoms with Crippen LogP contribution in [0.4, 0.5) is 38.9 Å². The molecule has 6 rings (SSSR count). The SMILES string of the molecule is Cc1ccc(N(C(=O)N(C)c2ccccc2)/C(Nc2ccccc2C)=C(\Nc2ccccc2C)Nc2ccc(C)cc2C(=O)Nc2ccccc2C)cc1. The average Bonchev–Trinajstić information content (AvgIpc) is 3.18. The minimum Gasteiger partial charge on any atom is -0.339 e. The molecule has 0 radical (unpaired) electrons. The maximum atomic E-state index is 15.0. The van der Waals surface area contributed by atoms with Crippen LogP contribution in [0.1, 0.15) is 38.2 Å². The fourth-order valence-electron chi connectivity index (χ4n) is 6.00. The van der Waals surface area contributed by atoms with E-state index < -0.39 is 0 Å². The van der Waals surface area contributed by atoms with E-state index in [0.29, 0.717) is 28.6 Å². The molecule has 0 unspecified atom stereocenters. The van der Waals surface area contributed by atoms with Crippen LogP contribution in [0.2, 0.25) is 0 Å². The van der Waals surface area contributed by atoms with Crippen molar-refractivity contribution in [2.45, 2.75) is 34.6 Å². The smallest absolute Gasteiger partial charge is 0.334 e. The van der Waals surface area contributed by atoms with Crippen LogP contribution in [0.25, 0.3) is 0 Å². The molecule has 0 saturated heterocycles. The van der Waals surface area contributed by atoms with Crippen molar-refractivity contribution < 1.29 is 9.59 Å². The first-order chi connectivity index (χ1) is 26.1. The zero-order chi connectivity index (χ0) is 38.2. The standard InChI is InChI=1S/C46H46N6O2/c1-31-24-27-37(28-25-31)52(46(54)51(6)36-19-8-7-9-20-36)44(49-40-22-14-11-17-34(40)4)43(47-39-21-13-10-16-33(39)3)48-42-29-26-32(2)30-38(42)45(53)50-41-23-15-12-18-35(41)5/h7-30,47-49H,1-6H3,(H,50,53)/b44-43+. The predicted molar refractivity (Wildman–Crippen MR) is 224 cm³/mol. The van der Waals surface area contributed by atoms with Crippen molar-refractivity contribution in [1.29, 1.82) is 0 Å². The third kappa shape index (κ3) is 8.62. The molecule has 6 aromatic carbocycles. The summed E-state index contributed by atoms with van der Waals surface area (Å²) in [5, 5.41) is 14.0. The van der Waals surface area contributed by atoms with Crippen molar-refractivity contribution >= 4 is 46.1 Å². The lowest BCUT2D eigenvalue weighted by Crippen LogP contribution is -2.44. The van der Waals surface area contributed by atoms with Gasteiger partial charge in [0.2, 0.25) is 0 Å². The lowest BCUT2D eigenvalue weighted by molar-refractivity contribution is 0.102. The Morgan fingerprint density at radius 1 is 0.463 bits per heavy atom. The van der Waals surface area contributed by atoms with Crippen LogP contribution in [0.5, 0.6) is 0 Å².